The molecule has 0 fully saturated rings. The van der Waals surface area contributed by atoms with Crippen LogP contribution in [0.3, 0.4) is 0 Å². The Bertz CT molecular complexity index is 580. The molecule has 0 aliphatic carbocycles. The van der Waals surface area contributed by atoms with Crippen molar-refractivity contribution in [3.05, 3.63) is 59.4 Å². The van der Waals surface area contributed by atoms with Crippen molar-refractivity contribution in [2.75, 3.05) is 13.2 Å². The first-order valence-electron chi connectivity index (χ1n) is 6.49. The van der Waals surface area contributed by atoms with E-state index in [0.29, 0.717) is 13.2 Å². The van der Waals surface area contributed by atoms with Crippen molar-refractivity contribution in [1.29, 1.82) is 0 Å². The number of benzene rings is 2. The number of rotatable bonds is 2. The predicted molar refractivity (Wildman–Crippen MR) is 73.3 cm³/mol. The third kappa shape index (κ3) is 2.27. The number of fused-ring (bicyclic) bond motifs is 1. The summed E-state index contributed by atoms with van der Waals surface area (Å²) in [5, 5.41) is 0. The number of ether oxygens (including phenoxy) is 1. The van der Waals surface area contributed by atoms with Crippen molar-refractivity contribution in [3.63, 3.8) is 0 Å². The molecule has 3 heteroatoms. The highest BCUT2D eigenvalue weighted by Gasteiger charge is 2.21. The molecule has 1 aliphatic rings. The van der Waals surface area contributed by atoms with Crippen LogP contribution in [0.25, 0.3) is 11.1 Å². The minimum absolute atomic E-state index is 0.0239. The lowest BCUT2D eigenvalue weighted by molar-refractivity contribution is 0.0486. The first-order valence-corrected chi connectivity index (χ1v) is 6.49. The monoisotopic (exact) mass is 257 g/mol. The van der Waals surface area contributed by atoms with Gasteiger partial charge < -0.3 is 10.5 Å². The van der Waals surface area contributed by atoms with Crippen LogP contribution in [0, 0.1) is 5.82 Å². The van der Waals surface area contributed by atoms with E-state index in [1.165, 1.54) is 17.7 Å². The molecule has 0 spiro atoms. The molecule has 1 aliphatic heterocycles. The number of nitrogens with two attached hydrogens (primary N) is 1. The Labute approximate surface area is 112 Å². The van der Waals surface area contributed by atoms with Crippen molar-refractivity contribution < 1.29 is 9.13 Å². The Balaban J connectivity index is 2.10. The molecule has 0 bridgehead atoms. The van der Waals surface area contributed by atoms with Crippen LogP contribution in [0.4, 0.5) is 4.39 Å². The first-order chi connectivity index (χ1) is 9.29. The summed E-state index contributed by atoms with van der Waals surface area (Å²) in [6.07, 6.45) is 0.850. The topological polar surface area (TPSA) is 35.2 Å². The molecule has 2 nitrogen and oxygen atoms in total. The van der Waals surface area contributed by atoms with Gasteiger partial charge in [0.1, 0.15) is 5.82 Å². The van der Waals surface area contributed by atoms with E-state index in [4.69, 9.17) is 10.5 Å². The summed E-state index contributed by atoms with van der Waals surface area (Å²) in [4.78, 5) is 0. The standard InChI is InChI=1S/C16H16FNO/c17-12-6-4-11(5-7-12)13-2-1-3-15-14(13)8-9-19-16(15)10-18/h1-7,16H,8-10,18H2. The first kappa shape index (κ1) is 12.3. The zero-order valence-electron chi connectivity index (χ0n) is 10.6. The number of hydrogen-bond donors (Lipinski definition) is 1. The van der Waals surface area contributed by atoms with Crippen LogP contribution in [-0.4, -0.2) is 13.2 Å². The van der Waals surface area contributed by atoms with Crippen LogP contribution in [0.15, 0.2) is 42.5 Å². The zero-order chi connectivity index (χ0) is 13.2. The highest BCUT2D eigenvalue weighted by atomic mass is 19.1. The normalized spacial score (nSPS) is 18.1. The van der Waals surface area contributed by atoms with Gasteiger partial charge >= 0.3 is 0 Å². The van der Waals surface area contributed by atoms with Gasteiger partial charge in [-0.25, -0.2) is 4.39 Å². The van der Waals surface area contributed by atoms with Gasteiger partial charge in [0.25, 0.3) is 0 Å². The lowest BCUT2D eigenvalue weighted by Gasteiger charge is -2.27. The van der Waals surface area contributed by atoms with Crippen LogP contribution < -0.4 is 5.73 Å². The molecule has 0 aromatic heterocycles. The fourth-order valence-corrected chi connectivity index (χ4v) is 2.67. The Kier molecular flexibility index (Phi) is 3.32. The molecule has 0 radical (unpaired) electrons. The van der Waals surface area contributed by atoms with Crippen LogP contribution in [0.1, 0.15) is 17.2 Å². The Morgan fingerprint density at radius 1 is 1.16 bits per heavy atom. The molecule has 2 aromatic rings. The van der Waals surface area contributed by atoms with E-state index in [2.05, 4.69) is 12.1 Å². The van der Waals surface area contributed by atoms with Crippen LogP contribution >= 0.6 is 0 Å². The van der Waals surface area contributed by atoms with E-state index in [1.807, 2.05) is 18.2 Å². The van der Waals surface area contributed by atoms with E-state index < -0.39 is 0 Å². The van der Waals surface area contributed by atoms with E-state index in [-0.39, 0.29) is 11.9 Å². The van der Waals surface area contributed by atoms with Gasteiger partial charge in [-0.2, -0.15) is 0 Å². The Morgan fingerprint density at radius 3 is 2.68 bits per heavy atom. The van der Waals surface area contributed by atoms with Gasteiger partial charge in [0.15, 0.2) is 0 Å². The van der Waals surface area contributed by atoms with Gasteiger partial charge in [0.2, 0.25) is 0 Å². The molecule has 98 valence electrons. The second kappa shape index (κ2) is 5.11. The van der Waals surface area contributed by atoms with E-state index in [9.17, 15) is 4.39 Å². The predicted octanol–water partition coefficient (Wildman–Crippen LogP) is 3.07. The molecule has 0 saturated carbocycles. The SMILES string of the molecule is NCC1OCCc2c(-c3ccc(F)cc3)cccc21. The highest BCUT2D eigenvalue weighted by molar-refractivity contribution is 5.69. The van der Waals surface area contributed by atoms with Crippen LogP contribution in [-0.2, 0) is 11.2 Å². The largest absolute Gasteiger partial charge is 0.372 e. The summed E-state index contributed by atoms with van der Waals surface area (Å²) in [5.41, 5.74) is 10.4. The lowest BCUT2D eigenvalue weighted by Crippen LogP contribution is -2.23. The van der Waals surface area contributed by atoms with E-state index >= 15 is 0 Å². The van der Waals surface area contributed by atoms with Gasteiger partial charge in [-0.1, -0.05) is 30.3 Å². The molecule has 3 rings (SSSR count). The smallest absolute Gasteiger partial charge is 0.123 e. The summed E-state index contributed by atoms with van der Waals surface area (Å²) < 4.78 is 18.7. The second-order valence-electron chi connectivity index (χ2n) is 4.73. The highest BCUT2D eigenvalue weighted by Crippen LogP contribution is 2.34. The summed E-state index contributed by atoms with van der Waals surface area (Å²) in [6, 6.07) is 12.8. The maximum atomic E-state index is 13.0. The van der Waals surface area contributed by atoms with Gasteiger partial charge in [0, 0.05) is 6.54 Å². The van der Waals surface area contributed by atoms with E-state index in [0.717, 1.165) is 23.1 Å². The van der Waals surface area contributed by atoms with Gasteiger partial charge in [-0.05, 0) is 40.8 Å². The average molecular weight is 257 g/mol. The van der Waals surface area contributed by atoms with Gasteiger partial charge in [-0.15, -0.1) is 0 Å². The summed E-state index contributed by atoms with van der Waals surface area (Å²) >= 11 is 0. The average Bonchev–Trinajstić information content (AvgIpc) is 2.47. The lowest BCUT2D eigenvalue weighted by atomic mass is 9.89. The van der Waals surface area contributed by atoms with E-state index in [1.54, 1.807) is 0 Å². The fourth-order valence-electron chi connectivity index (χ4n) is 2.67. The van der Waals surface area contributed by atoms with Crippen molar-refractivity contribution in [3.8, 4) is 11.1 Å². The maximum Gasteiger partial charge on any atom is 0.123 e. The van der Waals surface area contributed by atoms with Crippen molar-refractivity contribution in [2.45, 2.75) is 12.5 Å². The Hall–Kier alpha value is -1.71. The van der Waals surface area contributed by atoms with Crippen LogP contribution in [0.2, 0.25) is 0 Å². The van der Waals surface area contributed by atoms with Gasteiger partial charge in [0.05, 0.1) is 12.7 Å². The summed E-state index contributed by atoms with van der Waals surface area (Å²) in [6.45, 7) is 1.17. The summed E-state index contributed by atoms with van der Waals surface area (Å²) in [7, 11) is 0. The molecule has 19 heavy (non-hydrogen) atoms. The second-order valence-corrected chi connectivity index (χ2v) is 4.73. The minimum atomic E-state index is -0.211. The quantitative estimate of drug-likeness (QED) is 0.897. The zero-order valence-corrected chi connectivity index (χ0v) is 10.6. The maximum absolute atomic E-state index is 13.0. The third-order valence-corrected chi connectivity index (χ3v) is 3.60. The van der Waals surface area contributed by atoms with Crippen LogP contribution in [0.5, 0.6) is 0 Å². The molecule has 0 amide bonds. The number of hydrogen-bond acceptors (Lipinski definition) is 2. The van der Waals surface area contributed by atoms with Crippen molar-refractivity contribution in [1.82, 2.24) is 0 Å². The molecular weight excluding hydrogens is 241 g/mol. The molecule has 1 unspecified atom stereocenters. The summed E-state index contributed by atoms with van der Waals surface area (Å²) in [5.74, 6) is -0.211. The third-order valence-electron chi connectivity index (χ3n) is 3.60. The minimum Gasteiger partial charge on any atom is -0.372 e. The number of halogens is 1. The van der Waals surface area contributed by atoms with Crippen molar-refractivity contribution in [2.24, 2.45) is 5.73 Å². The molecule has 1 atom stereocenters. The molecule has 2 N–H and O–H groups in total. The Morgan fingerprint density at radius 2 is 1.95 bits per heavy atom. The van der Waals surface area contributed by atoms with Gasteiger partial charge in [-0.3, -0.25) is 0 Å². The fraction of sp³-hybridized carbons (Fsp3) is 0.250. The molecule has 2 aromatic carbocycles. The molecule has 0 saturated heterocycles. The molecule has 1 heterocycles. The molecular formula is C16H16FNO. The van der Waals surface area contributed by atoms with Crippen molar-refractivity contribution >= 4 is 0 Å².